The number of nitrogens with zero attached hydrogens (tertiary/aromatic N) is 1. The number of carbonyl (C=O) groups is 2. The van der Waals surface area contributed by atoms with Crippen LogP contribution in [0, 0.1) is 10.8 Å². The van der Waals surface area contributed by atoms with Gasteiger partial charge in [-0.05, 0) is 59.1 Å². The van der Waals surface area contributed by atoms with Gasteiger partial charge >= 0.3 is 0 Å². The molecule has 0 saturated carbocycles. The van der Waals surface area contributed by atoms with Gasteiger partial charge in [0.05, 0.1) is 13.7 Å². The number of ether oxygens (including phenoxy) is 3. The van der Waals surface area contributed by atoms with Gasteiger partial charge in [-0.15, -0.1) is 0 Å². The molecule has 0 spiro atoms. The zero-order chi connectivity index (χ0) is 29.5. The van der Waals surface area contributed by atoms with Crippen LogP contribution in [0.1, 0.15) is 70.4 Å². The summed E-state index contributed by atoms with van der Waals surface area (Å²) in [5.41, 5.74) is 5.15. The summed E-state index contributed by atoms with van der Waals surface area (Å²) < 4.78 is 18.4. The summed E-state index contributed by atoms with van der Waals surface area (Å²) in [6.45, 7) is 10.1. The maximum absolute atomic E-state index is 14.0. The number of hydrogen-bond donors (Lipinski definition) is 0. The second-order valence-corrected chi connectivity index (χ2v) is 13.9. The first-order valence-corrected chi connectivity index (χ1v) is 15.1. The second-order valence-electron chi connectivity index (χ2n) is 13.0. The van der Waals surface area contributed by atoms with Crippen molar-refractivity contribution in [1.29, 1.82) is 0 Å². The molecule has 3 aliphatic rings. The Kier molecular flexibility index (Phi) is 8.23. The van der Waals surface area contributed by atoms with E-state index >= 15 is 0 Å². The van der Waals surface area contributed by atoms with E-state index in [-0.39, 0.29) is 22.4 Å². The summed E-state index contributed by atoms with van der Waals surface area (Å²) in [6, 6.07) is 13.8. The van der Waals surface area contributed by atoms with E-state index < -0.39 is 5.92 Å². The zero-order valence-corrected chi connectivity index (χ0v) is 26.5. The number of ketones is 2. The first-order valence-electron chi connectivity index (χ1n) is 14.3. The van der Waals surface area contributed by atoms with E-state index in [9.17, 15) is 9.59 Å². The van der Waals surface area contributed by atoms with Crippen LogP contribution < -0.4 is 9.47 Å². The van der Waals surface area contributed by atoms with Gasteiger partial charge in [0.1, 0.15) is 6.61 Å². The molecule has 218 valence electrons. The summed E-state index contributed by atoms with van der Waals surface area (Å²) in [5, 5.41) is 0. The van der Waals surface area contributed by atoms with E-state index in [0.29, 0.717) is 44.1 Å². The highest BCUT2D eigenvalue weighted by Gasteiger charge is 2.49. The van der Waals surface area contributed by atoms with Crippen LogP contribution >= 0.6 is 15.9 Å². The fourth-order valence-electron chi connectivity index (χ4n) is 6.56. The lowest BCUT2D eigenvalue weighted by Gasteiger charge is -2.49. The minimum absolute atomic E-state index is 0.113. The fourth-order valence-corrected chi connectivity index (χ4v) is 6.82. The number of rotatable bonds is 8. The second kappa shape index (κ2) is 11.4. The van der Waals surface area contributed by atoms with E-state index in [1.165, 1.54) is 0 Å². The largest absolute Gasteiger partial charge is 0.493 e. The first-order chi connectivity index (χ1) is 19.4. The normalized spacial score (nSPS) is 20.2. The Morgan fingerprint density at radius 3 is 1.95 bits per heavy atom. The van der Waals surface area contributed by atoms with Crippen molar-refractivity contribution in [3.05, 3.63) is 80.6 Å². The van der Waals surface area contributed by atoms with Crippen LogP contribution in [0.15, 0.2) is 69.5 Å². The molecule has 0 amide bonds. The smallest absolute Gasteiger partial charge is 0.162 e. The number of allylic oxidation sites excluding steroid dienone is 4. The number of methoxy groups -OCH3 is 2. The molecule has 2 aromatic carbocycles. The molecule has 0 bridgehead atoms. The summed E-state index contributed by atoms with van der Waals surface area (Å²) in [6.07, 6.45) is 2.44. The predicted octanol–water partition coefficient (Wildman–Crippen LogP) is 7.37. The molecule has 0 saturated heterocycles. The third kappa shape index (κ3) is 6.02. The number of halogens is 1. The highest BCUT2D eigenvalue weighted by atomic mass is 79.9. The van der Waals surface area contributed by atoms with Gasteiger partial charge in [0, 0.05) is 59.4 Å². The van der Waals surface area contributed by atoms with Crippen LogP contribution in [0.2, 0.25) is 0 Å². The highest BCUT2D eigenvalue weighted by Crippen LogP contribution is 2.54. The van der Waals surface area contributed by atoms with Crippen molar-refractivity contribution in [1.82, 2.24) is 4.90 Å². The van der Waals surface area contributed by atoms with Crippen LogP contribution in [-0.2, 0) is 20.9 Å². The molecular formula is C34H40BrNO5. The van der Waals surface area contributed by atoms with Crippen molar-refractivity contribution in [3.63, 3.8) is 0 Å². The van der Waals surface area contributed by atoms with Crippen LogP contribution in [0.3, 0.4) is 0 Å². The summed E-state index contributed by atoms with van der Waals surface area (Å²) >= 11 is 3.47. The van der Waals surface area contributed by atoms with Gasteiger partial charge in [-0.25, -0.2) is 0 Å². The molecule has 5 rings (SSSR count). The van der Waals surface area contributed by atoms with Gasteiger partial charge in [-0.3, -0.25) is 9.59 Å². The van der Waals surface area contributed by atoms with Gasteiger partial charge in [-0.1, -0.05) is 61.8 Å². The van der Waals surface area contributed by atoms with Crippen molar-refractivity contribution in [2.24, 2.45) is 10.8 Å². The third-order valence-electron chi connectivity index (χ3n) is 8.37. The maximum atomic E-state index is 14.0. The van der Waals surface area contributed by atoms with Crippen molar-refractivity contribution in [2.45, 2.75) is 65.9 Å². The van der Waals surface area contributed by atoms with E-state index in [4.69, 9.17) is 14.2 Å². The molecule has 2 aromatic rings. The minimum Gasteiger partial charge on any atom is -0.493 e. The minimum atomic E-state index is -0.430. The standard InChI is InChI=1S/C34H40BrNO5/c1-33(2)16-24-31(26(37)18-33)30(32-25(36(24)13-14-39-5)17-34(3,4)19-27(32)38)22-9-12-28(29(15-22)40-6)41-20-21-7-10-23(35)11-8-21/h7-12,15,30H,13-14,16-20H2,1-6H3. The monoisotopic (exact) mass is 621 g/mol. The van der Waals surface area contributed by atoms with Crippen LogP contribution in [-0.4, -0.2) is 43.8 Å². The average Bonchev–Trinajstić information content (AvgIpc) is 2.90. The predicted molar refractivity (Wildman–Crippen MR) is 163 cm³/mol. The molecule has 0 radical (unpaired) electrons. The topological polar surface area (TPSA) is 65.1 Å². The number of carbonyl (C=O) groups excluding carboxylic acids is 2. The first kappa shape index (κ1) is 29.6. The molecule has 6 nitrogen and oxygen atoms in total. The van der Waals surface area contributed by atoms with Crippen molar-refractivity contribution < 1.29 is 23.8 Å². The van der Waals surface area contributed by atoms with Crippen LogP contribution in [0.4, 0.5) is 0 Å². The van der Waals surface area contributed by atoms with Gasteiger partial charge in [-0.2, -0.15) is 0 Å². The maximum Gasteiger partial charge on any atom is 0.162 e. The van der Waals surface area contributed by atoms with Gasteiger partial charge in [0.2, 0.25) is 0 Å². The Labute approximate surface area is 251 Å². The molecule has 1 heterocycles. The molecule has 0 atom stereocenters. The van der Waals surface area contributed by atoms with E-state index in [1.807, 2.05) is 42.5 Å². The third-order valence-corrected chi connectivity index (χ3v) is 8.90. The lowest BCUT2D eigenvalue weighted by atomic mass is 9.63. The molecule has 0 aromatic heterocycles. The average molecular weight is 623 g/mol. The molecule has 2 aliphatic carbocycles. The highest BCUT2D eigenvalue weighted by molar-refractivity contribution is 9.10. The lowest BCUT2D eigenvalue weighted by molar-refractivity contribution is -0.119. The number of benzene rings is 2. The van der Waals surface area contributed by atoms with Gasteiger partial charge < -0.3 is 19.1 Å². The number of Topliss-reactive ketones (excluding diaryl/α,β-unsaturated/α-hetero) is 2. The van der Waals surface area contributed by atoms with Gasteiger partial charge in [0.15, 0.2) is 23.1 Å². The van der Waals surface area contributed by atoms with Crippen molar-refractivity contribution in [2.75, 3.05) is 27.4 Å². The Bertz CT molecular complexity index is 1370. The summed E-state index contributed by atoms with van der Waals surface area (Å²) in [7, 11) is 3.31. The molecule has 0 fully saturated rings. The van der Waals surface area contributed by atoms with E-state index in [2.05, 4.69) is 48.5 Å². The zero-order valence-electron chi connectivity index (χ0n) is 24.9. The SMILES string of the molecule is COCCN1C2=C(C(=O)CC(C)(C)C2)C(c2ccc(OCc3ccc(Br)cc3)c(OC)c2)C2=C1CC(C)(C)CC2=O. The Morgan fingerprint density at radius 2 is 1.41 bits per heavy atom. The Hall–Kier alpha value is -2.90. The van der Waals surface area contributed by atoms with Crippen LogP contribution in [0.25, 0.3) is 0 Å². The molecule has 0 N–H and O–H groups in total. The molecule has 0 unspecified atom stereocenters. The Balaban J connectivity index is 1.61. The molecule has 1 aliphatic heterocycles. The molecular weight excluding hydrogens is 582 g/mol. The summed E-state index contributed by atoms with van der Waals surface area (Å²) in [5.74, 6) is 0.996. The summed E-state index contributed by atoms with van der Waals surface area (Å²) in [4.78, 5) is 30.1. The van der Waals surface area contributed by atoms with E-state index in [1.54, 1.807) is 14.2 Å². The lowest BCUT2D eigenvalue weighted by Crippen LogP contribution is -2.45. The van der Waals surface area contributed by atoms with E-state index in [0.717, 1.165) is 51.0 Å². The molecule has 7 heteroatoms. The van der Waals surface area contributed by atoms with Crippen LogP contribution in [0.5, 0.6) is 11.5 Å². The van der Waals surface area contributed by atoms with Crippen molar-refractivity contribution >= 4 is 27.5 Å². The Morgan fingerprint density at radius 1 is 0.829 bits per heavy atom. The molecule has 41 heavy (non-hydrogen) atoms. The fraction of sp³-hybridized carbons (Fsp3) is 0.471. The van der Waals surface area contributed by atoms with Crippen molar-refractivity contribution in [3.8, 4) is 11.5 Å². The van der Waals surface area contributed by atoms with Gasteiger partial charge in [0.25, 0.3) is 0 Å². The number of hydrogen-bond acceptors (Lipinski definition) is 6. The quantitative estimate of drug-likeness (QED) is 0.307.